The highest BCUT2D eigenvalue weighted by molar-refractivity contribution is 9.10. The van der Waals surface area contributed by atoms with Crippen LogP contribution in [0.4, 0.5) is 20.2 Å². The second-order valence-corrected chi connectivity index (χ2v) is 5.02. The number of pyridine rings is 1. The van der Waals surface area contributed by atoms with Crippen LogP contribution in [0.25, 0.3) is 0 Å². The summed E-state index contributed by atoms with van der Waals surface area (Å²) in [7, 11) is 0. The molecule has 0 saturated carbocycles. The number of hydrogen-bond acceptors (Lipinski definition) is 3. The van der Waals surface area contributed by atoms with E-state index >= 15 is 0 Å². The molecule has 8 heteroatoms. The fourth-order valence-corrected chi connectivity index (χ4v) is 1.96. The van der Waals surface area contributed by atoms with Crippen molar-refractivity contribution in [3.63, 3.8) is 0 Å². The summed E-state index contributed by atoms with van der Waals surface area (Å²) in [6.07, 6.45) is 1.29. The molecule has 104 valence electrons. The Morgan fingerprint density at radius 1 is 1.30 bits per heavy atom. The van der Waals surface area contributed by atoms with Gasteiger partial charge in [-0.3, -0.25) is 4.79 Å². The van der Waals surface area contributed by atoms with Crippen molar-refractivity contribution in [2.24, 2.45) is 0 Å². The Labute approximate surface area is 126 Å². The molecular formula is C12H7BrClF2N3O. The third kappa shape index (κ3) is 3.05. The lowest BCUT2D eigenvalue weighted by atomic mass is 10.2. The Bertz CT molecular complexity index is 697. The second kappa shape index (κ2) is 5.72. The molecule has 0 aliphatic heterocycles. The number of nitrogens with zero attached hydrogens (tertiary/aromatic N) is 1. The fourth-order valence-electron chi connectivity index (χ4n) is 1.43. The second-order valence-electron chi connectivity index (χ2n) is 3.81. The van der Waals surface area contributed by atoms with Crippen LogP contribution in [0.3, 0.4) is 0 Å². The van der Waals surface area contributed by atoms with Gasteiger partial charge >= 0.3 is 0 Å². The molecule has 0 spiro atoms. The summed E-state index contributed by atoms with van der Waals surface area (Å²) in [6.45, 7) is 0. The van der Waals surface area contributed by atoms with Crippen LogP contribution in [-0.4, -0.2) is 10.9 Å². The summed E-state index contributed by atoms with van der Waals surface area (Å²) >= 11 is 8.66. The smallest absolute Gasteiger partial charge is 0.258 e. The molecule has 1 amide bonds. The highest BCUT2D eigenvalue weighted by Crippen LogP contribution is 2.25. The van der Waals surface area contributed by atoms with Crippen LogP contribution < -0.4 is 11.1 Å². The van der Waals surface area contributed by atoms with Gasteiger partial charge in [0.1, 0.15) is 16.8 Å². The maximum absolute atomic E-state index is 13.5. The van der Waals surface area contributed by atoms with Gasteiger partial charge < -0.3 is 11.1 Å². The number of nitrogen functional groups attached to an aromatic ring is 1. The Hall–Kier alpha value is -1.73. The van der Waals surface area contributed by atoms with Crippen molar-refractivity contribution in [1.29, 1.82) is 0 Å². The highest BCUT2D eigenvalue weighted by Gasteiger charge is 2.15. The van der Waals surface area contributed by atoms with Gasteiger partial charge in [-0.2, -0.15) is 0 Å². The molecule has 0 fully saturated rings. The summed E-state index contributed by atoms with van der Waals surface area (Å²) in [5.74, 6) is -2.39. The number of nitrogens with two attached hydrogens (primary N) is 1. The Morgan fingerprint density at radius 2 is 2.00 bits per heavy atom. The average molecular weight is 363 g/mol. The minimum Gasteiger partial charge on any atom is -0.397 e. The standard InChI is InChI=1S/C12H7BrClF2N3O/c13-7-2-10(9(16)3-8(7)15)19-12(20)6-1-5(17)4-18-11(6)14/h1-4H,17H2,(H,19,20). The molecule has 0 radical (unpaired) electrons. The summed E-state index contributed by atoms with van der Waals surface area (Å²) in [6, 6.07) is 3.07. The molecule has 0 aliphatic rings. The van der Waals surface area contributed by atoms with Crippen molar-refractivity contribution >= 4 is 44.8 Å². The molecule has 1 heterocycles. The predicted molar refractivity (Wildman–Crippen MR) is 75.7 cm³/mol. The Morgan fingerprint density at radius 3 is 2.70 bits per heavy atom. The van der Waals surface area contributed by atoms with Crippen molar-refractivity contribution in [2.75, 3.05) is 11.1 Å². The van der Waals surface area contributed by atoms with E-state index in [0.29, 0.717) is 6.07 Å². The maximum Gasteiger partial charge on any atom is 0.258 e. The van der Waals surface area contributed by atoms with Crippen molar-refractivity contribution in [2.45, 2.75) is 0 Å². The molecular weight excluding hydrogens is 356 g/mol. The number of anilines is 2. The predicted octanol–water partition coefficient (Wildman–Crippen LogP) is 3.61. The Kier molecular flexibility index (Phi) is 4.20. The van der Waals surface area contributed by atoms with Gasteiger partial charge in [0, 0.05) is 6.07 Å². The lowest BCUT2D eigenvalue weighted by Crippen LogP contribution is -2.14. The van der Waals surface area contributed by atoms with Crippen LogP contribution in [0.2, 0.25) is 5.15 Å². The van der Waals surface area contributed by atoms with E-state index in [1.807, 2.05) is 0 Å². The van der Waals surface area contributed by atoms with Crippen LogP contribution >= 0.6 is 27.5 Å². The normalized spacial score (nSPS) is 10.4. The summed E-state index contributed by atoms with van der Waals surface area (Å²) in [5.41, 5.74) is 5.54. The highest BCUT2D eigenvalue weighted by atomic mass is 79.9. The first-order valence-corrected chi connectivity index (χ1v) is 6.42. The van der Waals surface area contributed by atoms with Gasteiger partial charge in [0.15, 0.2) is 0 Å². The molecule has 0 saturated heterocycles. The number of nitrogens with one attached hydrogen (secondary N) is 1. The zero-order valence-corrected chi connectivity index (χ0v) is 12.1. The van der Waals surface area contributed by atoms with E-state index in [1.165, 1.54) is 12.3 Å². The Balaban J connectivity index is 2.32. The van der Waals surface area contributed by atoms with Crippen molar-refractivity contribution in [1.82, 2.24) is 4.98 Å². The van der Waals surface area contributed by atoms with Gasteiger partial charge in [0.05, 0.1) is 27.6 Å². The van der Waals surface area contributed by atoms with E-state index in [1.54, 1.807) is 0 Å². The third-order valence-corrected chi connectivity index (χ3v) is 3.27. The maximum atomic E-state index is 13.5. The molecule has 0 aliphatic carbocycles. The molecule has 0 atom stereocenters. The lowest BCUT2D eigenvalue weighted by molar-refractivity contribution is 0.102. The first-order chi connectivity index (χ1) is 9.38. The minimum absolute atomic E-state index is 0.00786. The fraction of sp³-hybridized carbons (Fsp3) is 0. The van der Waals surface area contributed by atoms with E-state index in [-0.39, 0.29) is 26.6 Å². The van der Waals surface area contributed by atoms with Crippen LogP contribution in [0.15, 0.2) is 28.9 Å². The molecule has 3 N–H and O–H groups in total. The third-order valence-electron chi connectivity index (χ3n) is 2.36. The van der Waals surface area contributed by atoms with Crippen molar-refractivity contribution < 1.29 is 13.6 Å². The number of aromatic nitrogens is 1. The van der Waals surface area contributed by atoms with Gasteiger partial charge in [-0.1, -0.05) is 11.6 Å². The van der Waals surface area contributed by atoms with Crippen LogP contribution in [0, 0.1) is 11.6 Å². The molecule has 0 unspecified atom stereocenters. The summed E-state index contributed by atoms with van der Waals surface area (Å²) < 4.78 is 26.6. The number of carbonyl (C=O) groups is 1. The van der Waals surface area contributed by atoms with E-state index in [0.717, 1.165) is 6.07 Å². The van der Waals surface area contributed by atoms with E-state index in [9.17, 15) is 13.6 Å². The molecule has 0 bridgehead atoms. The number of rotatable bonds is 2. The van der Waals surface area contributed by atoms with E-state index < -0.39 is 17.5 Å². The zero-order valence-electron chi connectivity index (χ0n) is 9.75. The topological polar surface area (TPSA) is 68.0 Å². The van der Waals surface area contributed by atoms with Crippen LogP contribution in [0.5, 0.6) is 0 Å². The number of carbonyl (C=O) groups excluding carboxylic acids is 1. The average Bonchev–Trinajstić information content (AvgIpc) is 2.38. The number of hydrogen-bond donors (Lipinski definition) is 2. The quantitative estimate of drug-likeness (QED) is 0.633. The molecule has 2 aromatic rings. The molecule has 2 rings (SSSR count). The molecule has 1 aromatic heterocycles. The molecule has 20 heavy (non-hydrogen) atoms. The first-order valence-electron chi connectivity index (χ1n) is 5.25. The number of benzene rings is 1. The summed E-state index contributed by atoms with van der Waals surface area (Å²) in [5, 5.41) is 2.20. The largest absolute Gasteiger partial charge is 0.397 e. The zero-order chi connectivity index (χ0) is 14.9. The van der Waals surface area contributed by atoms with Gasteiger partial charge in [-0.15, -0.1) is 0 Å². The molecule has 1 aromatic carbocycles. The minimum atomic E-state index is -0.910. The van der Waals surface area contributed by atoms with Gasteiger partial charge in [0.2, 0.25) is 0 Å². The lowest BCUT2D eigenvalue weighted by Gasteiger charge is -2.08. The SMILES string of the molecule is Nc1cnc(Cl)c(C(=O)Nc2cc(Br)c(F)cc2F)c1. The van der Waals surface area contributed by atoms with Crippen LogP contribution in [0.1, 0.15) is 10.4 Å². The van der Waals surface area contributed by atoms with Crippen LogP contribution in [-0.2, 0) is 0 Å². The van der Waals surface area contributed by atoms with Gasteiger partial charge in [0.25, 0.3) is 5.91 Å². The first kappa shape index (κ1) is 14.7. The van der Waals surface area contributed by atoms with Crippen molar-refractivity contribution in [3.05, 3.63) is 51.2 Å². The van der Waals surface area contributed by atoms with Gasteiger partial charge in [-0.25, -0.2) is 13.8 Å². The van der Waals surface area contributed by atoms with Crippen molar-refractivity contribution in [3.8, 4) is 0 Å². The number of amides is 1. The molecule has 4 nitrogen and oxygen atoms in total. The monoisotopic (exact) mass is 361 g/mol. The van der Waals surface area contributed by atoms with Gasteiger partial charge in [-0.05, 0) is 28.1 Å². The number of halogens is 4. The summed E-state index contributed by atoms with van der Waals surface area (Å²) in [4.78, 5) is 15.7. The van der Waals surface area contributed by atoms with E-state index in [4.69, 9.17) is 17.3 Å². The van der Waals surface area contributed by atoms with E-state index in [2.05, 4.69) is 26.2 Å².